The summed E-state index contributed by atoms with van der Waals surface area (Å²) in [7, 11) is 0. The molecule has 2 aromatic carbocycles. The van der Waals surface area contributed by atoms with Crippen molar-refractivity contribution in [2.24, 2.45) is 0 Å². The fourth-order valence-corrected chi connectivity index (χ4v) is 4.05. The number of nitrogens with zero attached hydrogens (tertiary/aromatic N) is 4. The molecule has 0 saturated heterocycles. The molecule has 0 spiro atoms. The van der Waals surface area contributed by atoms with E-state index >= 15 is 0 Å². The van der Waals surface area contributed by atoms with Crippen LogP contribution in [0.15, 0.2) is 88.6 Å². The van der Waals surface area contributed by atoms with Gasteiger partial charge in [0.25, 0.3) is 0 Å². The average molecular weight is 419 g/mol. The van der Waals surface area contributed by atoms with Crippen molar-refractivity contribution in [3.05, 3.63) is 84.6 Å². The Morgan fingerprint density at radius 3 is 2.40 bits per heavy atom. The van der Waals surface area contributed by atoms with Crippen molar-refractivity contribution in [2.75, 3.05) is 10.7 Å². The van der Waals surface area contributed by atoms with Crippen molar-refractivity contribution in [1.29, 1.82) is 0 Å². The number of furan rings is 1. The van der Waals surface area contributed by atoms with Crippen molar-refractivity contribution >= 4 is 23.4 Å². The number of para-hydroxylation sites is 1. The first-order valence-corrected chi connectivity index (χ1v) is 10.7. The Hall–Kier alpha value is -3.32. The van der Waals surface area contributed by atoms with Crippen LogP contribution in [0, 0.1) is 0 Å². The summed E-state index contributed by atoms with van der Waals surface area (Å²) in [4.78, 5) is 15.0. The van der Waals surface area contributed by atoms with Gasteiger partial charge in [-0.05, 0) is 36.8 Å². The van der Waals surface area contributed by atoms with Gasteiger partial charge in [0.1, 0.15) is 0 Å². The highest BCUT2D eigenvalue weighted by molar-refractivity contribution is 7.99. The van der Waals surface area contributed by atoms with Gasteiger partial charge in [0.05, 0.1) is 18.6 Å². The van der Waals surface area contributed by atoms with Gasteiger partial charge in [-0.1, -0.05) is 60.3 Å². The van der Waals surface area contributed by atoms with Crippen LogP contribution >= 0.6 is 11.8 Å². The minimum Gasteiger partial charge on any atom is -0.461 e. The largest absolute Gasteiger partial charge is 0.461 e. The molecule has 0 bridgehead atoms. The van der Waals surface area contributed by atoms with Crippen LogP contribution in [-0.4, -0.2) is 26.4 Å². The van der Waals surface area contributed by atoms with E-state index in [0.717, 1.165) is 11.3 Å². The van der Waals surface area contributed by atoms with Crippen LogP contribution in [0.25, 0.3) is 11.6 Å². The van der Waals surface area contributed by atoms with E-state index in [2.05, 4.69) is 10.2 Å². The third-order valence-electron chi connectivity index (χ3n) is 4.65. The molecule has 0 N–H and O–H groups in total. The second-order valence-electron chi connectivity index (χ2n) is 6.62. The van der Waals surface area contributed by atoms with Gasteiger partial charge in [-0.2, -0.15) is 0 Å². The molecule has 0 atom stereocenters. The van der Waals surface area contributed by atoms with E-state index < -0.39 is 0 Å². The Morgan fingerprint density at radius 2 is 1.73 bits per heavy atom. The molecule has 2 heterocycles. The Kier molecular flexibility index (Phi) is 6.29. The van der Waals surface area contributed by atoms with Gasteiger partial charge in [0, 0.05) is 12.2 Å². The Bertz CT molecular complexity index is 1080. The second kappa shape index (κ2) is 9.45. The molecule has 0 saturated carbocycles. The van der Waals surface area contributed by atoms with Crippen LogP contribution in [-0.2, 0) is 17.9 Å². The van der Waals surface area contributed by atoms with Crippen LogP contribution in [0.4, 0.5) is 5.69 Å². The lowest BCUT2D eigenvalue weighted by atomic mass is 10.2. The van der Waals surface area contributed by atoms with Crippen LogP contribution in [0.1, 0.15) is 12.5 Å². The second-order valence-corrected chi connectivity index (χ2v) is 7.56. The van der Waals surface area contributed by atoms with Gasteiger partial charge in [-0.25, -0.2) is 0 Å². The number of benzene rings is 2. The number of aromatic nitrogens is 3. The highest BCUT2D eigenvalue weighted by Crippen LogP contribution is 2.25. The number of carbonyl (C=O) groups is 1. The van der Waals surface area contributed by atoms with Crippen LogP contribution in [0.2, 0.25) is 0 Å². The molecule has 0 aliphatic rings. The van der Waals surface area contributed by atoms with E-state index in [4.69, 9.17) is 4.42 Å². The summed E-state index contributed by atoms with van der Waals surface area (Å²) >= 11 is 1.39. The highest BCUT2D eigenvalue weighted by Gasteiger charge is 2.20. The first-order valence-electron chi connectivity index (χ1n) is 9.75. The summed E-state index contributed by atoms with van der Waals surface area (Å²) in [5.41, 5.74) is 1.96. The molecule has 4 rings (SSSR count). The zero-order valence-corrected chi connectivity index (χ0v) is 17.5. The summed E-state index contributed by atoms with van der Waals surface area (Å²) in [6, 6.07) is 23.4. The number of thioether (sulfide) groups is 1. The summed E-state index contributed by atoms with van der Waals surface area (Å²) < 4.78 is 7.41. The van der Waals surface area contributed by atoms with Crippen LogP contribution < -0.4 is 4.90 Å². The maximum Gasteiger partial charge on any atom is 0.237 e. The molecule has 0 fully saturated rings. The standard InChI is InChI=1S/C23H22N4O2S/c1-2-26-22(20-14-9-15-29-20)24-25-23(26)30-17-21(28)27(19-12-7-4-8-13-19)16-18-10-5-3-6-11-18/h3-15H,2,16-17H2,1H3. The maximum absolute atomic E-state index is 13.2. The minimum atomic E-state index is 0.0141. The average Bonchev–Trinajstić information content (AvgIpc) is 3.46. The molecule has 6 nitrogen and oxygen atoms in total. The predicted octanol–water partition coefficient (Wildman–Crippen LogP) is 4.88. The fourth-order valence-electron chi connectivity index (χ4n) is 3.17. The molecular formula is C23H22N4O2S. The molecule has 4 aromatic rings. The van der Waals surface area contributed by atoms with Crippen molar-refractivity contribution < 1.29 is 9.21 Å². The Balaban J connectivity index is 1.52. The SMILES string of the molecule is CCn1c(SCC(=O)N(Cc2ccccc2)c2ccccc2)nnc1-c1ccco1. The van der Waals surface area contributed by atoms with Crippen molar-refractivity contribution in [3.8, 4) is 11.6 Å². The lowest BCUT2D eigenvalue weighted by Gasteiger charge is -2.23. The smallest absolute Gasteiger partial charge is 0.237 e. The minimum absolute atomic E-state index is 0.0141. The molecule has 1 amide bonds. The third-order valence-corrected chi connectivity index (χ3v) is 5.60. The monoisotopic (exact) mass is 418 g/mol. The number of carbonyl (C=O) groups excluding carboxylic acids is 1. The van der Waals surface area contributed by atoms with E-state index in [0.29, 0.717) is 29.8 Å². The molecular weight excluding hydrogens is 396 g/mol. The van der Waals surface area contributed by atoms with Crippen LogP contribution in [0.3, 0.4) is 0 Å². The maximum atomic E-state index is 13.2. The summed E-state index contributed by atoms with van der Waals surface area (Å²) in [6.07, 6.45) is 1.61. The van der Waals surface area contributed by atoms with Gasteiger partial charge in [0.15, 0.2) is 16.7 Å². The number of amides is 1. The molecule has 0 aliphatic heterocycles. The van der Waals surface area contributed by atoms with E-state index in [-0.39, 0.29) is 11.7 Å². The summed E-state index contributed by atoms with van der Waals surface area (Å²) in [5.74, 6) is 1.61. The van der Waals surface area contributed by atoms with Crippen molar-refractivity contribution in [2.45, 2.75) is 25.2 Å². The van der Waals surface area contributed by atoms with Crippen molar-refractivity contribution in [3.63, 3.8) is 0 Å². The number of hydrogen-bond donors (Lipinski definition) is 0. The Morgan fingerprint density at radius 1 is 1.00 bits per heavy atom. The van der Waals surface area contributed by atoms with Gasteiger partial charge in [-0.15, -0.1) is 10.2 Å². The van der Waals surface area contributed by atoms with E-state index in [1.165, 1.54) is 11.8 Å². The number of rotatable bonds is 8. The predicted molar refractivity (Wildman–Crippen MR) is 118 cm³/mol. The first kappa shape index (κ1) is 20.0. The molecule has 0 radical (unpaired) electrons. The highest BCUT2D eigenvalue weighted by atomic mass is 32.2. The quantitative estimate of drug-likeness (QED) is 0.382. The first-order chi connectivity index (χ1) is 14.8. The third kappa shape index (κ3) is 4.46. The zero-order chi connectivity index (χ0) is 20.8. The van der Waals surface area contributed by atoms with Gasteiger partial charge in [-0.3, -0.25) is 9.36 Å². The topological polar surface area (TPSA) is 64.2 Å². The van der Waals surface area contributed by atoms with Gasteiger partial charge >= 0.3 is 0 Å². The van der Waals surface area contributed by atoms with Crippen molar-refractivity contribution in [1.82, 2.24) is 14.8 Å². The molecule has 152 valence electrons. The van der Waals surface area contributed by atoms with Gasteiger partial charge in [0.2, 0.25) is 5.91 Å². The summed E-state index contributed by atoms with van der Waals surface area (Å²) in [5, 5.41) is 9.23. The van der Waals surface area contributed by atoms with E-state index in [9.17, 15) is 4.79 Å². The summed E-state index contributed by atoms with van der Waals surface area (Å²) in [6.45, 7) is 3.22. The fraction of sp³-hybridized carbons (Fsp3) is 0.174. The zero-order valence-electron chi connectivity index (χ0n) is 16.6. The van der Waals surface area contributed by atoms with Crippen LogP contribution in [0.5, 0.6) is 0 Å². The lowest BCUT2D eigenvalue weighted by Crippen LogP contribution is -2.32. The number of hydrogen-bond acceptors (Lipinski definition) is 5. The Labute approximate surface area is 179 Å². The molecule has 0 unspecified atom stereocenters. The molecule has 0 aliphatic carbocycles. The number of anilines is 1. The molecule has 2 aromatic heterocycles. The molecule has 7 heteroatoms. The molecule has 30 heavy (non-hydrogen) atoms. The van der Waals surface area contributed by atoms with Gasteiger partial charge < -0.3 is 9.32 Å². The normalized spacial score (nSPS) is 10.8. The van der Waals surface area contributed by atoms with E-state index in [1.807, 2.05) is 89.2 Å². The van der Waals surface area contributed by atoms with E-state index in [1.54, 1.807) is 6.26 Å². The lowest BCUT2D eigenvalue weighted by molar-refractivity contribution is -0.116.